The van der Waals surface area contributed by atoms with Crippen LogP contribution in [0.5, 0.6) is 0 Å². The van der Waals surface area contributed by atoms with Gasteiger partial charge in [-0.05, 0) is 39.3 Å². The molecule has 4 N–H and O–H groups in total. The average molecular weight is 303 g/mol. The van der Waals surface area contributed by atoms with Crippen molar-refractivity contribution in [1.82, 2.24) is 19.1 Å². The minimum absolute atomic E-state index is 0.124. The maximum absolute atomic E-state index is 11.9. The van der Waals surface area contributed by atoms with Gasteiger partial charge in [0.25, 0.3) is 0 Å². The number of aromatic nitrogens is 4. The first-order valence-corrected chi connectivity index (χ1v) is 7.41. The summed E-state index contributed by atoms with van der Waals surface area (Å²) in [7, 11) is 0. The van der Waals surface area contributed by atoms with Crippen LogP contribution < -0.4 is 11.4 Å². The number of benzene rings is 1. The molecular weight excluding hydrogens is 282 g/mol. The molecule has 22 heavy (non-hydrogen) atoms. The standard InChI is InChI=1S/C15H21N5O2/c1-4-19-11-8-12-9(7-10(11)18-14(19)21)17-13(16)20(12)6-5-15(2,3)22/h7-8,22H,4-6H2,1-3H3,(H2,16,17)(H,18,21). The molecule has 0 atom stereocenters. The van der Waals surface area contributed by atoms with E-state index < -0.39 is 5.60 Å². The van der Waals surface area contributed by atoms with Crippen molar-refractivity contribution in [3.05, 3.63) is 22.6 Å². The van der Waals surface area contributed by atoms with E-state index in [0.717, 1.165) is 22.1 Å². The number of aryl methyl sites for hydroxylation is 2. The van der Waals surface area contributed by atoms with Crippen LogP contribution in [0.2, 0.25) is 0 Å². The molecule has 0 spiro atoms. The van der Waals surface area contributed by atoms with Crippen LogP contribution in [0.3, 0.4) is 0 Å². The van der Waals surface area contributed by atoms with Gasteiger partial charge < -0.3 is 20.4 Å². The predicted molar refractivity (Wildman–Crippen MR) is 86.9 cm³/mol. The largest absolute Gasteiger partial charge is 0.390 e. The number of nitrogens with zero attached hydrogens (tertiary/aromatic N) is 3. The van der Waals surface area contributed by atoms with Gasteiger partial charge in [-0.1, -0.05) is 0 Å². The Kier molecular flexibility index (Phi) is 3.25. The molecule has 7 nitrogen and oxygen atoms in total. The second-order valence-corrected chi connectivity index (χ2v) is 6.22. The van der Waals surface area contributed by atoms with Gasteiger partial charge in [-0.25, -0.2) is 9.78 Å². The van der Waals surface area contributed by atoms with Crippen molar-refractivity contribution in [1.29, 1.82) is 0 Å². The van der Waals surface area contributed by atoms with E-state index in [1.54, 1.807) is 18.4 Å². The molecule has 0 aliphatic rings. The average Bonchev–Trinajstić information content (AvgIpc) is 2.87. The number of nitrogens with one attached hydrogen (secondary N) is 1. The van der Waals surface area contributed by atoms with Crippen molar-refractivity contribution in [3.8, 4) is 0 Å². The molecule has 0 aliphatic heterocycles. The van der Waals surface area contributed by atoms with E-state index in [4.69, 9.17) is 5.73 Å². The number of nitrogen functional groups attached to an aromatic ring is 1. The first kappa shape index (κ1) is 14.6. The van der Waals surface area contributed by atoms with E-state index in [-0.39, 0.29) is 5.69 Å². The summed E-state index contributed by atoms with van der Waals surface area (Å²) in [4.78, 5) is 19.1. The Bertz CT molecular complexity index is 895. The van der Waals surface area contributed by atoms with Gasteiger partial charge in [0.1, 0.15) is 0 Å². The van der Waals surface area contributed by atoms with Gasteiger partial charge in [0.15, 0.2) is 0 Å². The summed E-state index contributed by atoms with van der Waals surface area (Å²) in [6, 6.07) is 3.77. The van der Waals surface area contributed by atoms with Gasteiger partial charge in [-0.2, -0.15) is 0 Å². The highest BCUT2D eigenvalue weighted by Crippen LogP contribution is 2.24. The van der Waals surface area contributed by atoms with Crippen LogP contribution in [0, 0.1) is 0 Å². The normalized spacial score (nSPS) is 12.5. The molecule has 1 aromatic carbocycles. The number of nitrogens with two attached hydrogens (primary N) is 1. The number of hydrogen-bond donors (Lipinski definition) is 3. The van der Waals surface area contributed by atoms with Gasteiger partial charge in [-0.15, -0.1) is 0 Å². The minimum Gasteiger partial charge on any atom is -0.390 e. The molecule has 0 radical (unpaired) electrons. The summed E-state index contributed by atoms with van der Waals surface area (Å²) in [6.07, 6.45) is 0.564. The smallest absolute Gasteiger partial charge is 0.326 e. The summed E-state index contributed by atoms with van der Waals surface area (Å²) in [5.41, 5.74) is 8.32. The number of H-pyrrole nitrogens is 1. The Morgan fingerprint density at radius 2 is 2.05 bits per heavy atom. The second-order valence-electron chi connectivity index (χ2n) is 6.22. The highest BCUT2D eigenvalue weighted by Gasteiger charge is 2.17. The Morgan fingerprint density at radius 3 is 2.68 bits per heavy atom. The Balaban J connectivity index is 2.18. The third-order valence-electron chi connectivity index (χ3n) is 3.94. The lowest BCUT2D eigenvalue weighted by molar-refractivity contribution is 0.0667. The van der Waals surface area contributed by atoms with Crippen molar-refractivity contribution < 1.29 is 5.11 Å². The Hall–Kier alpha value is -2.28. The van der Waals surface area contributed by atoms with Crippen LogP contribution >= 0.6 is 0 Å². The number of hydrogen-bond acceptors (Lipinski definition) is 4. The molecule has 3 aromatic rings. The lowest BCUT2D eigenvalue weighted by Gasteiger charge is -2.17. The molecule has 0 bridgehead atoms. The maximum atomic E-state index is 11.9. The fourth-order valence-corrected chi connectivity index (χ4v) is 2.73. The summed E-state index contributed by atoms with van der Waals surface area (Å²) < 4.78 is 3.56. The third kappa shape index (κ3) is 2.37. The lowest BCUT2D eigenvalue weighted by Crippen LogP contribution is -2.21. The zero-order chi connectivity index (χ0) is 16.1. The molecule has 2 heterocycles. The first-order chi connectivity index (χ1) is 10.3. The van der Waals surface area contributed by atoms with Gasteiger partial charge in [0.05, 0.1) is 27.7 Å². The van der Waals surface area contributed by atoms with Crippen molar-refractivity contribution in [2.24, 2.45) is 0 Å². The monoisotopic (exact) mass is 303 g/mol. The fourth-order valence-electron chi connectivity index (χ4n) is 2.73. The number of aromatic amines is 1. The molecule has 0 amide bonds. The van der Waals surface area contributed by atoms with Crippen molar-refractivity contribution in [3.63, 3.8) is 0 Å². The third-order valence-corrected chi connectivity index (χ3v) is 3.94. The molecule has 0 saturated heterocycles. The Labute approximate surface area is 127 Å². The van der Waals surface area contributed by atoms with Crippen LogP contribution in [0.15, 0.2) is 16.9 Å². The molecule has 118 valence electrons. The van der Waals surface area contributed by atoms with Gasteiger partial charge in [-0.3, -0.25) is 4.57 Å². The minimum atomic E-state index is -0.771. The molecule has 0 saturated carbocycles. The summed E-state index contributed by atoms with van der Waals surface area (Å²) in [5.74, 6) is 0.414. The number of anilines is 1. The molecule has 7 heteroatoms. The van der Waals surface area contributed by atoms with Crippen molar-refractivity contribution in [2.75, 3.05) is 5.73 Å². The number of imidazole rings is 2. The van der Waals surface area contributed by atoms with E-state index in [1.807, 2.05) is 23.6 Å². The predicted octanol–water partition coefficient (Wildman–Crippen LogP) is 1.44. The molecular formula is C15H21N5O2. The van der Waals surface area contributed by atoms with E-state index in [1.165, 1.54) is 0 Å². The SMILES string of the molecule is CCn1c(=O)[nH]c2cc3nc(N)n(CCC(C)(C)O)c3cc21. The highest BCUT2D eigenvalue weighted by molar-refractivity contribution is 5.92. The lowest BCUT2D eigenvalue weighted by atomic mass is 10.1. The second kappa shape index (κ2) is 4.88. The van der Waals surface area contributed by atoms with Crippen molar-refractivity contribution >= 4 is 28.0 Å². The molecule has 0 unspecified atom stereocenters. The maximum Gasteiger partial charge on any atom is 0.326 e. The van der Waals surface area contributed by atoms with Crippen LogP contribution in [0.25, 0.3) is 22.1 Å². The molecule has 2 aromatic heterocycles. The zero-order valence-electron chi connectivity index (χ0n) is 13.1. The van der Waals surface area contributed by atoms with Crippen LogP contribution in [-0.4, -0.2) is 29.8 Å². The van der Waals surface area contributed by atoms with Gasteiger partial charge in [0.2, 0.25) is 5.95 Å². The van der Waals surface area contributed by atoms with Crippen LogP contribution in [-0.2, 0) is 13.1 Å². The molecule has 0 fully saturated rings. The van der Waals surface area contributed by atoms with E-state index in [2.05, 4.69) is 9.97 Å². The highest BCUT2D eigenvalue weighted by atomic mass is 16.3. The van der Waals surface area contributed by atoms with Crippen LogP contribution in [0.4, 0.5) is 5.95 Å². The van der Waals surface area contributed by atoms with Gasteiger partial charge >= 0.3 is 5.69 Å². The number of rotatable bonds is 4. The van der Waals surface area contributed by atoms with Crippen molar-refractivity contribution in [2.45, 2.75) is 45.9 Å². The number of fused-ring (bicyclic) bond motifs is 2. The summed E-state index contributed by atoms with van der Waals surface area (Å²) in [5, 5.41) is 9.91. The number of aliphatic hydroxyl groups is 1. The molecule has 0 aliphatic carbocycles. The van der Waals surface area contributed by atoms with Gasteiger partial charge in [0, 0.05) is 13.1 Å². The quantitative estimate of drug-likeness (QED) is 0.678. The first-order valence-electron chi connectivity index (χ1n) is 7.41. The summed E-state index contributed by atoms with van der Waals surface area (Å²) >= 11 is 0. The fraction of sp³-hybridized carbons (Fsp3) is 0.467. The topological polar surface area (TPSA) is 102 Å². The van der Waals surface area contributed by atoms with E-state index in [0.29, 0.717) is 25.5 Å². The van der Waals surface area contributed by atoms with E-state index in [9.17, 15) is 9.90 Å². The Morgan fingerprint density at radius 1 is 1.32 bits per heavy atom. The van der Waals surface area contributed by atoms with E-state index >= 15 is 0 Å². The zero-order valence-corrected chi connectivity index (χ0v) is 13.1. The van der Waals surface area contributed by atoms with Crippen LogP contribution in [0.1, 0.15) is 27.2 Å². The molecule has 3 rings (SSSR count). The summed E-state index contributed by atoms with van der Waals surface area (Å²) in [6.45, 7) is 6.62.